The number of halogens is 3. The van der Waals surface area contributed by atoms with E-state index < -0.39 is 11.8 Å². The first kappa shape index (κ1) is 16.8. The van der Waals surface area contributed by atoms with Crippen LogP contribution in [-0.2, 0) is 11.3 Å². The highest BCUT2D eigenvalue weighted by Gasteiger charge is 2.11. The topological polar surface area (TPSA) is 35.5 Å². The maximum atomic E-state index is 13.0. The Hall–Kier alpha value is -1.59. The lowest BCUT2D eigenvalue weighted by molar-refractivity contribution is 0.0526. The molecule has 3 nitrogen and oxygen atoms in total. The van der Waals surface area contributed by atoms with Gasteiger partial charge in [0.1, 0.15) is 18.2 Å². The molecule has 0 aromatic heterocycles. The summed E-state index contributed by atoms with van der Waals surface area (Å²) in [5.74, 6) is -0.238. The fourth-order valence-corrected chi connectivity index (χ4v) is 2.47. The van der Waals surface area contributed by atoms with E-state index in [1.54, 1.807) is 31.2 Å². The first-order valence-electron chi connectivity index (χ1n) is 6.54. The van der Waals surface area contributed by atoms with Crippen LogP contribution in [0.4, 0.5) is 4.39 Å². The van der Waals surface area contributed by atoms with Crippen LogP contribution in [0.3, 0.4) is 0 Å². The van der Waals surface area contributed by atoms with Crippen LogP contribution in [0.15, 0.2) is 40.9 Å². The van der Waals surface area contributed by atoms with E-state index >= 15 is 0 Å². The summed E-state index contributed by atoms with van der Waals surface area (Å²) in [6.07, 6.45) is 0. The second kappa shape index (κ2) is 7.61. The summed E-state index contributed by atoms with van der Waals surface area (Å²) in [5.41, 5.74) is 1.10. The van der Waals surface area contributed by atoms with Gasteiger partial charge in [0.15, 0.2) is 0 Å². The van der Waals surface area contributed by atoms with Crippen molar-refractivity contribution in [2.24, 2.45) is 0 Å². The van der Waals surface area contributed by atoms with Crippen molar-refractivity contribution in [3.63, 3.8) is 0 Å². The van der Waals surface area contributed by atoms with Gasteiger partial charge in [0.05, 0.1) is 21.7 Å². The van der Waals surface area contributed by atoms with E-state index in [0.717, 1.165) is 0 Å². The number of rotatable bonds is 5. The Morgan fingerprint density at radius 3 is 2.68 bits per heavy atom. The highest BCUT2D eigenvalue weighted by molar-refractivity contribution is 9.10. The molecule has 0 aliphatic carbocycles. The van der Waals surface area contributed by atoms with Gasteiger partial charge in [0.25, 0.3) is 0 Å². The molecule has 0 aliphatic rings. The second-order valence-corrected chi connectivity index (χ2v) is 5.65. The van der Waals surface area contributed by atoms with Gasteiger partial charge in [-0.25, -0.2) is 9.18 Å². The van der Waals surface area contributed by atoms with Crippen molar-refractivity contribution in [1.82, 2.24) is 0 Å². The van der Waals surface area contributed by atoms with Gasteiger partial charge in [-0.15, -0.1) is 0 Å². The highest BCUT2D eigenvalue weighted by Crippen LogP contribution is 2.28. The smallest absolute Gasteiger partial charge is 0.338 e. The number of hydrogen-bond acceptors (Lipinski definition) is 3. The number of benzene rings is 2. The monoisotopic (exact) mass is 386 g/mol. The van der Waals surface area contributed by atoms with Gasteiger partial charge in [-0.3, -0.25) is 0 Å². The van der Waals surface area contributed by atoms with Crippen molar-refractivity contribution in [3.05, 3.63) is 62.8 Å². The maximum Gasteiger partial charge on any atom is 0.338 e. The molecule has 0 radical (unpaired) electrons. The molecule has 6 heteroatoms. The Labute approximate surface area is 141 Å². The van der Waals surface area contributed by atoms with Crippen molar-refractivity contribution in [1.29, 1.82) is 0 Å². The summed E-state index contributed by atoms with van der Waals surface area (Å²) in [4.78, 5) is 11.6. The third kappa shape index (κ3) is 4.21. The first-order valence-corrected chi connectivity index (χ1v) is 7.71. The molecule has 2 aromatic rings. The van der Waals surface area contributed by atoms with Crippen LogP contribution in [-0.4, -0.2) is 12.6 Å². The van der Waals surface area contributed by atoms with E-state index in [4.69, 9.17) is 21.1 Å². The molecule has 0 N–H and O–H groups in total. The van der Waals surface area contributed by atoms with Crippen molar-refractivity contribution < 1.29 is 18.7 Å². The van der Waals surface area contributed by atoms with Crippen molar-refractivity contribution in [3.8, 4) is 5.75 Å². The second-order valence-electron chi connectivity index (χ2n) is 4.39. The van der Waals surface area contributed by atoms with Gasteiger partial charge in [0.2, 0.25) is 0 Å². The molecule has 116 valence electrons. The predicted molar refractivity (Wildman–Crippen MR) is 85.8 cm³/mol. The van der Waals surface area contributed by atoms with E-state index in [0.29, 0.717) is 33.0 Å². The van der Waals surface area contributed by atoms with E-state index in [9.17, 15) is 9.18 Å². The van der Waals surface area contributed by atoms with Gasteiger partial charge in [-0.2, -0.15) is 0 Å². The van der Waals surface area contributed by atoms with Crippen molar-refractivity contribution in [2.45, 2.75) is 13.5 Å². The highest BCUT2D eigenvalue weighted by atomic mass is 79.9. The molecule has 0 aliphatic heterocycles. The number of esters is 1. The largest absolute Gasteiger partial charge is 0.488 e. The average molecular weight is 388 g/mol. The Morgan fingerprint density at radius 1 is 1.27 bits per heavy atom. The van der Waals surface area contributed by atoms with Crippen molar-refractivity contribution in [2.75, 3.05) is 6.61 Å². The van der Waals surface area contributed by atoms with Crippen LogP contribution >= 0.6 is 27.5 Å². The Bertz CT molecular complexity index is 691. The molecule has 0 bridgehead atoms. The molecular formula is C16H13BrClFO3. The summed E-state index contributed by atoms with van der Waals surface area (Å²) in [7, 11) is 0. The van der Waals surface area contributed by atoms with Gasteiger partial charge >= 0.3 is 5.97 Å². The fourth-order valence-electron chi connectivity index (χ4n) is 1.75. The molecule has 0 unspecified atom stereocenters. The maximum absolute atomic E-state index is 13.0. The molecule has 0 heterocycles. The normalized spacial score (nSPS) is 10.4. The van der Waals surface area contributed by atoms with Crippen molar-refractivity contribution >= 4 is 33.5 Å². The summed E-state index contributed by atoms with van der Waals surface area (Å²) in [5, 5.41) is 0.305. The van der Waals surface area contributed by atoms with Gasteiger partial charge in [-0.1, -0.05) is 17.7 Å². The molecular weight excluding hydrogens is 375 g/mol. The van der Waals surface area contributed by atoms with E-state index in [-0.39, 0.29) is 6.61 Å². The molecule has 2 aromatic carbocycles. The van der Waals surface area contributed by atoms with Crippen LogP contribution in [0.2, 0.25) is 5.02 Å². The molecule has 0 saturated carbocycles. The molecule has 0 fully saturated rings. The standard InChI is InChI=1S/C16H13BrClFO3/c1-2-21-16(20)10-4-6-15(13(17)7-10)22-9-11-3-5-12(19)8-14(11)18/h3-8H,2,9H2,1H3. The SMILES string of the molecule is CCOC(=O)c1ccc(OCc2ccc(F)cc2Cl)c(Br)c1. The lowest BCUT2D eigenvalue weighted by Crippen LogP contribution is -2.05. The summed E-state index contributed by atoms with van der Waals surface area (Å²) in [6, 6.07) is 9.03. The lowest BCUT2D eigenvalue weighted by atomic mass is 10.2. The number of ether oxygens (including phenoxy) is 2. The van der Waals surface area contributed by atoms with E-state index in [2.05, 4.69) is 15.9 Å². The first-order chi connectivity index (χ1) is 10.5. The molecule has 22 heavy (non-hydrogen) atoms. The predicted octanol–water partition coefficient (Wildman–Crippen LogP) is 5.00. The number of hydrogen-bond donors (Lipinski definition) is 0. The molecule has 0 amide bonds. The Kier molecular flexibility index (Phi) is 5.80. The molecule has 2 rings (SSSR count). The minimum absolute atomic E-state index is 0.191. The van der Waals surface area contributed by atoms with Crippen LogP contribution < -0.4 is 4.74 Å². The zero-order valence-corrected chi connectivity index (χ0v) is 14.1. The van der Waals surface area contributed by atoms with Crippen LogP contribution in [0, 0.1) is 5.82 Å². The zero-order valence-electron chi connectivity index (χ0n) is 11.7. The molecule has 0 atom stereocenters. The minimum atomic E-state index is -0.395. The summed E-state index contributed by atoms with van der Waals surface area (Å²) in [6.45, 7) is 2.26. The van der Waals surface area contributed by atoms with Crippen LogP contribution in [0.5, 0.6) is 5.75 Å². The summed E-state index contributed by atoms with van der Waals surface area (Å²) >= 11 is 9.29. The minimum Gasteiger partial charge on any atom is -0.488 e. The zero-order chi connectivity index (χ0) is 16.1. The van der Waals surface area contributed by atoms with Crippen LogP contribution in [0.25, 0.3) is 0 Å². The molecule has 0 saturated heterocycles. The van der Waals surface area contributed by atoms with Gasteiger partial charge in [0, 0.05) is 5.56 Å². The Morgan fingerprint density at radius 2 is 2.05 bits per heavy atom. The fraction of sp³-hybridized carbons (Fsp3) is 0.188. The van der Waals surface area contributed by atoms with Crippen LogP contribution in [0.1, 0.15) is 22.8 Å². The van der Waals surface area contributed by atoms with Gasteiger partial charge < -0.3 is 9.47 Å². The third-order valence-corrected chi connectivity index (χ3v) is 3.81. The number of carbonyl (C=O) groups excluding carboxylic acids is 1. The Balaban J connectivity index is 2.08. The number of carbonyl (C=O) groups is 1. The van der Waals surface area contributed by atoms with Gasteiger partial charge in [-0.05, 0) is 53.2 Å². The average Bonchev–Trinajstić information content (AvgIpc) is 2.47. The summed E-state index contributed by atoms with van der Waals surface area (Å²) < 4.78 is 24.2. The lowest BCUT2D eigenvalue weighted by Gasteiger charge is -2.10. The van der Waals surface area contributed by atoms with E-state index in [1.807, 2.05) is 0 Å². The third-order valence-electron chi connectivity index (χ3n) is 2.84. The van der Waals surface area contributed by atoms with E-state index in [1.165, 1.54) is 12.1 Å². The quantitative estimate of drug-likeness (QED) is 0.678. The molecule has 0 spiro atoms.